The lowest BCUT2D eigenvalue weighted by Gasteiger charge is -2.19. The molecular weight excluding hydrogens is 144 g/mol. The summed E-state index contributed by atoms with van der Waals surface area (Å²) in [4.78, 5) is 12.3. The van der Waals surface area contributed by atoms with Gasteiger partial charge in [0.1, 0.15) is 6.04 Å². The van der Waals surface area contributed by atoms with Crippen LogP contribution >= 0.6 is 0 Å². The summed E-state index contributed by atoms with van der Waals surface area (Å²) in [5.41, 5.74) is 5.38. The van der Waals surface area contributed by atoms with Gasteiger partial charge in [0.25, 0.3) is 0 Å². The van der Waals surface area contributed by atoms with Gasteiger partial charge in [0.2, 0.25) is 0 Å². The van der Waals surface area contributed by atoms with Crippen molar-refractivity contribution in [1.29, 1.82) is 0 Å². The molecule has 0 bridgehead atoms. The standard InChI is InChI=1S/C7H16N2O2/c1-5(4-9(2)3)6(8)7(10)11/h5-6H,4,8H2,1-3H3,(H,10,11)/t5?,6-/m1/s1. The molecule has 0 rings (SSSR count). The molecule has 11 heavy (non-hydrogen) atoms. The van der Waals surface area contributed by atoms with Crippen molar-refractivity contribution in [3.8, 4) is 0 Å². The molecule has 0 fully saturated rings. The van der Waals surface area contributed by atoms with Gasteiger partial charge in [-0.15, -0.1) is 0 Å². The van der Waals surface area contributed by atoms with E-state index in [0.717, 1.165) is 0 Å². The van der Waals surface area contributed by atoms with Crippen LogP contribution in [0.5, 0.6) is 0 Å². The normalized spacial score (nSPS) is 16.5. The van der Waals surface area contributed by atoms with Crippen molar-refractivity contribution in [2.24, 2.45) is 11.7 Å². The Morgan fingerprint density at radius 3 is 2.36 bits per heavy atom. The van der Waals surface area contributed by atoms with Gasteiger partial charge in [0.15, 0.2) is 0 Å². The summed E-state index contributed by atoms with van der Waals surface area (Å²) in [6, 6.07) is -0.752. The minimum atomic E-state index is -0.931. The molecule has 0 aliphatic carbocycles. The zero-order valence-electron chi connectivity index (χ0n) is 7.24. The molecule has 0 aromatic rings. The van der Waals surface area contributed by atoms with Crippen LogP contribution in [0.15, 0.2) is 0 Å². The zero-order chi connectivity index (χ0) is 9.02. The smallest absolute Gasteiger partial charge is 0.320 e. The van der Waals surface area contributed by atoms with Gasteiger partial charge in [-0.25, -0.2) is 0 Å². The van der Waals surface area contributed by atoms with Crippen LogP contribution in [0.25, 0.3) is 0 Å². The van der Waals surface area contributed by atoms with E-state index in [0.29, 0.717) is 6.54 Å². The first-order valence-electron chi connectivity index (χ1n) is 3.58. The summed E-state index contributed by atoms with van der Waals surface area (Å²) in [7, 11) is 3.79. The Balaban J connectivity index is 3.82. The third kappa shape index (κ3) is 3.95. The van der Waals surface area contributed by atoms with E-state index in [4.69, 9.17) is 10.8 Å². The molecule has 66 valence electrons. The summed E-state index contributed by atoms with van der Waals surface area (Å²) in [5, 5.41) is 8.52. The van der Waals surface area contributed by atoms with E-state index in [1.165, 1.54) is 0 Å². The number of carboxylic acids is 1. The second kappa shape index (κ2) is 4.31. The van der Waals surface area contributed by atoms with E-state index in [1.807, 2.05) is 25.9 Å². The molecular formula is C7H16N2O2. The van der Waals surface area contributed by atoms with Gasteiger partial charge < -0.3 is 15.7 Å². The minimum Gasteiger partial charge on any atom is -0.480 e. The lowest BCUT2D eigenvalue weighted by Crippen LogP contribution is -2.41. The molecule has 0 radical (unpaired) electrons. The molecule has 0 amide bonds. The summed E-state index contributed by atoms with van der Waals surface area (Å²) in [6.45, 7) is 2.53. The monoisotopic (exact) mass is 160 g/mol. The van der Waals surface area contributed by atoms with Crippen molar-refractivity contribution < 1.29 is 9.90 Å². The predicted molar refractivity (Wildman–Crippen MR) is 43.3 cm³/mol. The Morgan fingerprint density at radius 2 is 2.09 bits per heavy atom. The predicted octanol–water partition coefficient (Wildman–Crippen LogP) is -0.404. The quantitative estimate of drug-likeness (QED) is 0.587. The molecule has 0 aromatic heterocycles. The molecule has 0 spiro atoms. The molecule has 0 aliphatic heterocycles. The van der Waals surface area contributed by atoms with Crippen molar-refractivity contribution in [3.05, 3.63) is 0 Å². The van der Waals surface area contributed by atoms with Gasteiger partial charge >= 0.3 is 5.97 Å². The summed E-state index contributed by atoms with van der Waals surface area (Å²) >= 11 is 0. The largest absolute Gasteiger partial charge is 0.480 e. The van der Waals surface area contributed by atoms with E-state index < -0.39 is 12.0 Å². The fourth-order valence-electron chi connectivity index (χ4n) is 0.933. The van der Waals surface area contributed by atoms with E-state index in [-0.39, 0.29) is 5.92 Å². The first-order valence-corrected chi connectivity index (χ1v) is 3.58. The SMILES string of the molecule is CC(CN(C)C)[C@@H](N)C(=O)O. The molecule has 0 heterocycles. The van der Waals surface area contributed by atoms with Crippen LogP contribution in [0.2, 0.25) is 0 Å². The molecule has 0 aliphatic rings. The highest BCUT2D eigenvalue weighted by atomic mass is 16.4. The molecule has 2 atom stereocenters. The number of aliphatic carboxylic acids is 1. The molecule has 4 heteroatoms. The van der Waals surface area contributed by atoms with Crippen molar-refractivity contribution in [2.45, 2.75) is 13.0 Å². The van der Waals surface area contributed by atoms with E-state index in [1.54, 1.807) is 0 Å². The van der Waals surface area contributed by atoms with Crippen molar-refractivity contribution in [1.82, 2.24) is 4.90 Å². The van der Waals surface area contributed by atoms with Crippen LogP contribution < -0.4 is 5.73 Å². The van der Waals surface area contributed by atoms with Crippen LogP contribution in [0.4, 0.5) is 0 Å². The van der Waals surface area contributed by atoms with Crippen LogP contribution in [-0.2, 0) is 4.79 Å². The number of hydrogen-bond donors (Lipinski definition) is 2. The molecule has 4 nitrogen and oxygen atoms in total. The Kier molecular flexibility index (Phi) is 4.07. The number of carboxylic acid groups (broad SMARTS) is 1. The Bertz CT molecular complexity index is 136. The average Bonchev–Trinajstić information content (AvgIpc) is 1.84. The first kappa shape index (κ1) is 10.4. The Labute approximate surface area is 67.0 Å². The van der Waals surface area contributed by atoms with Crippen molar-refractivity contribution in [3.63, 3.8) is 0 Å². The van der Waals surface area contributed by atoms with Crippen LogP contribution in [-0.4, -0.2) is 42.7 Å². The molecule has 3 N–H and O–H groups in total. The molecule has 0 saturated carbocycles. The second-order valence-corrected chi connectivity index (χ2v) is 3.10. The minimum absolute atomic E-state index is 0.0116. The zero-order valence-corrected chi connectivity index (χ0v) is 7.24. The highest BCUT2D eigenvalue weighted by Gasteiger charge is 2.19. The van der Waals surface area contributed by atoms with Crippen molar-refractivity contribution in [2.75, 3.05) is 20.6 Å². The lowest BCUT2D eigenvalue weighted by atomic mass is 10.0. The fraction of sp³-hybridized carbons (Fsp3) is 0.857. The molecule has 0 aromatic carbocycles. The maximum Gasteiger partial charge on any atom is 0.320 e. The number of carbonyl (C=O) groups is 1. The molecule has 0 saturated heterocycles. The maximum atomic E-state index is 10.4. The summed E-state index contributed by atoms with van der Waals surface area (Å²) < 4.78 is 0. The van der Waals surface area contributed by atoms with Crippen LogP contribution in [0.1, 0.15) is 6.92 Å². The van der Waals surface area contributed by atoms with Crippen LogP contribution in [0.3, 0.4) is 0 Å². The maximum absolute atomic E-state index is 10.4. The summed E-state index contributed by atoms with van der Waals surface area (Å²) in [5.74, 6) is -0.943. The third-order valence-electron chi connectivity index (χ3n) is 1.55. The highest BCUT2D eigenvalue weighted by molar-refractivity contribution is 5.73. The number of nitrogens with two attached hydrogens (primary N) is 1. The molecule has 1 unspecified atom stereocenters. The topological polar surface area (TPSA) is 66.6 Å². The van der Waals surface area contributed by atoms with E-state index in [2.05, 4.69) is 0 Å². The first-order chi connectivity index (χ1) is 4.95. The van der Waals surface area contributed by atoms with E-state index in [9.17, 15) is 4.79 Å². The van der Waals surface area contributed by atoms with Gasteiger partial charge in [0.05, 0.1) is 0 Å². The lowest BCUT2D eigenvalue weighted by molar-refractivity contribution is -0.139. The van der Waals surface area contributed by atoms with E-state index >= 15 is 0 Å². The summed E-state index contributed by atoms with van der Waals surface area (Å²) in [6.07, 6.45) is 0. The Hall–Kier alpha value is -0.610. The number of rotatable bonds is 4. The van der Waals surface area contributed by atoms with Gasteiger partial charge in [-0.3, -0.25) is 4.79 Å². The van der Waals surface area contributed by atoms with Crippen molar-refractivity contribution >= 4 is 5.97 Å². The van der Waals surface area contributed by atoms with Crippen LogP contribution in [0, 0.1) is 5.92 Å². The third-order valence-corrected chi connectivity index (χ3v) is 1.55. The van der Waals surface area contributed by atoms with Gasteiger partial charge in [-0.1, -0.05) is 6.92 Å². The second-order valence-electron chi connectivity index (χ2n) is 3.10. The Morgan fingerprint density at radius 1 is 1.64 bits per heavy atom. The van der Waals surface area contributed by atoms with Gasteiger partial charge in [-0.2, -0.15) is 0 Å². The number of hydrogen-bond acceptors (Lipinski definition) is 3. The highest BCUT2D eigenvalue weighted by Crippen LogP contribution is 2.01. The average molecular weight is 160 g/mol. The van der Waals surface area contributed by atoms with Gasteiger partial charge in [-0.05, 0) is 20.0 Å². The number of nitrogens with zero attached hydrogens (tertiary/aromatic N) is 1. The fourth-order valence-corrected chi connectivity index (χ4v) is 0.933. The van der Waals surface area contributed by atoms with Gasteiger partial charge in [0, 0.05) is 6.54 Å².